The molecule has 0 aromatic carbocycles. The van der Waals surface area contributed by atoms with E-state index in [-0.39, 0.29) is 13.2 Å². The molecule has 0 aliphatic heterocycles. The number of aldehydes is 1. The fourth-order valence-corrected chi connectivity index (χ4v) is 1.03. The number of hydrogen-bond acceptors (Lipinski definition) is 7. The predicted molar refractivity (Wildman–Crippen MR) is 70.7 cm³/mol. The van der Waals surface area contributed by atoms with Gasteiger partial charge in [-0.1, -0.05) is 0 Å². The van der Waals surface area contributed by atoms with Crippen molar-refractivity contribution >= 4 is 6.29 Å². The van der Waals surface area contributed by atoms with E-state index in [2.05, 4.69) is 4.42 Å². The van der Waals surface area contributed by atoms with E-state index in [1.165, 1.54) is 6.26 Å². The Balaban J connectivity index is 0.000000428. The lowest BCUT2D eigenvalue weighted by Gasteiger charge is -2.04. The van der Waals surface area contributed by atoms with Crippen LogP contribution < -0.4 is 0 Å². The number of furan rings is 1. The number of rotatable bonds is 11. The van der Waals surface area contributed by atoms with E-state index in [0.29, 0.717) is 51.7 Å². The summed E-state index contributed by atoms with van der Waals surface area (Å²) >= 11 is 0. The average Bonchev–Trinajstić information content (AvgIpc) is 3.00. The smallest absolute Gasteiger partial charge is 0.185 e. The molecule has 0 radical (unpaired) electrons. The van der Waals surface area contributed by atoms with Crippen LogP contribution in [0.25, 0.3) is 0 Å². The van der Waals surface area contributed by atoms with Crippen molar-refractivity contribution in [3.05, 3.63) is 24.2 Å². The Kier molecular flexibility index (Phi) is 14.8. The lowest BCUT2D eigenvalue weighted by molar-refractivity contribution is 0.00230. The highest BCUT2D eigenvalue weighted by Gasteiger charge is 1.90. The summed E-state index contributed by atoms with van der Waals surface area (Å²) in [6.07, 6.45) is 2.13. The minimum atomic E-state index is 0.0413. The number of hydrogen-bond donors (Lipinski definition) is 2. The molecule has 1 heterocycles. The first-order valence-corrected chi connectivity index (χ1v) is 6.28. The molecule has 0 fully saturated rings. The van der Waals surface area contributed by atoms with E-state index in [1.54, 1.807) is 12.1 Å². The summed E-state index contributed by atoms with van der Waals surface area (Å²) in [6.45, 7) is 2.76. The summed E-state index contributed by atoms with van der Waals surface area (Å²) in [6, 6.07) is 3.27. The fourth-order valence-electron chi connectivity index (χ4n) is 1.03. The van der Waals surface area contributed by atoms with Gasteiger partial charge >= 0.3 is 0 Å². The third-order valence-corrected chi connectivity index (χ3v) is 1.87. The second kappa shape index (κ2) is 15.8. The summed E-state index contributed by atoms with van der Waals surface area (Å²) in [4.78, 5) is 9.77. The number of ether oxygens (including phenoxy) is 3. The molecule has 0 saturated carbocycles. The Morgan fingerprint density at radius 3 is 1.75 bits per heavy atom. The van der Waals surface area contributed by atoms with Gasteiger partial charge in [0.25, 0.3) is 0 Å². The predicted octanol–water partition coefficient (Wildman–Crippen LogP) is 0.113. The average molecular weight is 290 g/mol. The molecule has 1 aromatic heterocycles. The zero-order valence-corrected chi connectivity index (χ0v) is 11.4. The van der Waals surface area contributed by atoms with Crippen molar-refractivity contribution in [2.75, 3.05) is 52.9 Å². The van der Waals surface area contributed by atoms with Crippen LogP contribution in [0.3, 0.4) is 0 Å². The van der Waals surface area contributed by atoms with Gasteiger partial charge in [-0.05, 0) is 12.1 Å². The van der Waals surface area contributed by atoms with Crippen LogP contribution in [0.2, 0.25) is 0 Å². The molecule has 1 rings (SSSR count). The third-order valence-electron chi connectivity index (χ3n) is 1.87. The molecule has 2 N–H and O–H groups in total. The quantitative estimate of drug-likeness (QED) is 0.441. The minimum Gasteiger partial charge on any atom is -0.462 e. The number of aliphatic hydroxyl groups is 2. The Labute approximate surface area is 118 Å². The Morgan fingerprint density at radius 1 is 0.950 bits per heavy atom. The van der Waals surface area contributed by atoms with Gasteiger partial charge in [-0.25, -0.2) is 0 Å². The maximum absolute atomic E-state index is 9.77. The highest BCUT2D eigenvalue weighted by molar-refractivity contribution is 5.69. The molecule has 0 spiro atoms. The molecule has 7 heteroatoms. The first kappa shape index (κ1) is 18.8. The van der Waals surface area contributed by atoms with Crippen molar-refractivity contribution in [2.45, 2.75) is 0 Å². The molecular weight excluding hydrogens is 268 g/mol. The third kappa shape index (κ3) is 13.2. The van der Waals surface area contributed by atoms with Crippen LogP contribution in [0, 0.1) is 0 Å². The van der Waals surface area contributed by atoms with Crippen LogP contribution in [0.15, 0.2) is 22.8 Å². The van der Waals surface area contributed by atoms with Gasteiger partial charge in [-0.15, -0.1) is 0 Å². The second-order valence-electron chi connectivity index (χ2n) is 3.42. The van der Waals surface area contributed by atoms with Crippen LogP contribution in [-0.4, -0.2) is 69.4 Å². The monoisotopic (exact) mass is 290 g/mol. The number of aliphatic hydroxyl groups excluding tert-OH is 2. The van der Waals surface area contributed by atoms with Crippen LogP contribution in [0.5, 0.6) is 0 Å². The molecule has 20 heavy (non-hydrogen) atoms. The van der Waals surface area contributed by atoms with Crippen LogP contribution in [0.4, 0.5) is 0 Å². The van der Waals surface area contributed by atoms with Crippen LogP contribution in [0.1, 0.15) is 10.6 Å². The molecular formula is C13H22O7. The zero-order chi connectivity index (χ0) is 14.9. The van der Waals surface area contributed by atoms with E-state index < -0.39 is 0 Å². The van der Waals surface area contributed by atoms with E-state index in [9.17, 15) is 4.79 Å². The van der Waals surface area contributed by atoms with Crippen molar-refractivity contribution in [3.63, 3.8) is 0 Å². The normalized spacial score (nSPS) is 9.90. The lowest BCUT2D eigenvalue weighted by atomic mass is 10.5. The Morgan fingerprint density at radius 2 is 1.45 bits per heavy atom. The molecule has 0 aliphatic rings. The van der Waals surface area contributed by atoms with Gasteiger partial charge in [0.15, 0.2) is 12.0 Å². The molecule has 0 atom stereocenters. The summed E-state index contributed by atoms with van der Waals surface area (Å²) in [5.74, 6) is 0.375. The Bertz CT molecular complexity index is 277. The fraction of sp³-hybridized carbons (Fsp3) is 0.615. The van der Waals surface area contributed by atoms with Crippen molar-refractivity contribution in [1.29, 1.82) is 0 Å². The summed E-state index contributed by atoms with van der Waals surface area (Å²) in [7, 11) is 0. The summed E-state index contributed by atoms with van der Waals surface area (Å²) in [5, 5.41) is 16.7. The lowest BCUT2D eigenvalue weighted by Crippen LogP contribution is -2.11. The molecule has 7 nitrogen and oxygen atoms in total. The number of carbonyl (C=O) groups is 1. The molecule has 0 unspecified atom stereocenters. The van der Waals surface area contributed by atoms with Crippen LogP contribution >= 0.6 is 0 Å². The molecule has 0 amide bonds. The van der Waals surface area contributed by atoms with Gasteiger partial charge in [0.1, 0.15) is 0 Å². The molecule has 0 saturated heterocycles. The Hall–Kier alpha value is -1.25. The van der Waals surface area contributed by atoms with Crippen LogP contribution in [-0.2, 0) is 14.2 Å². The van der Waals surface area contributed by atoms with E-state index >= 15 is 0 Å². The first-order chi connectivity index (χ1) is 9.85. The highest BCUT2D eigenvalue weighted by Crippen LogP contribution is 1.92. The van der Waals surface area contributed by atoms with E-state index in [0.717, 1.165) is 0 Å². The zero-order valence-electron chi connectivity index (χ0n) is 11.4. The van der Waals surface area contributed by atoms with Gasteiger partial charge in [-0.2, -0.15) is 0 Å². The maximum atomic E-state index is 9.77. The summed E-state index contributed by atoms with van der Waals surface area (Å²) < 4.78 is 19.6. The van der Waals surface area contributed by atoms with Gasteiger partial charge in [0.2, 0.25) is 0 Å². The molecule has 0 aliphatic carbocycles. The van der Waals surface area contributed by atoms with Crippen molar-refractivity contribution in [3.8, 4) is 0 Å². The SMILES string of the molecule is O=Cc1ccco1.OCCOCCOCCOCCO. The van der Waals surface area contributed by atoms with Gasteiger partial charge in [-0.3, -0.25) is 4.79 Å². The molecule has 1 aromatic rings. The summed E-state index contributed by atoms with van der Waals surface area (Å²) in [5.41, 5.74) is 0. The minimum absolute atomic E-state index is 0.0413. The second-order valence-corrected chi connectivity index (χ2v) is 3.42. The van der Waals surface area contributed by atoms with E-state index in [4.69, 9.17) is 24.4 Å². The van der Waals surface area contributed by atoms with Gasteiger partial charge in [0, 0.05) is 0 Å². The van der Waals surface area contributed by atoms with Gasteiger partial charge in [0.05, 0.1) is 59.1 Å². The maximum Gasteiger partial charge on any atom is 0.185 e. The molecule has 0 bridgehead atoms. The first-order valence-electron chi connectivity index (χ1n) is 6.28. The largest absolute Gasteiger partial charge is 0.462 e. The van der Waals surface area contributed by atoms with Crippen molar-refractivity contribution < 1.29 is 33.6 Å². The molecule has 116 valence electrons. The topological polar surface area (TPSA) is 98.4 Å². The standard InChI is InChI=1S/C8H18O5.C5H4O2/c9-1-3-11-5-7-13-8-6-12-4-2-10;6-4-5-2-1-3-7-5/h9-10H,1-8H2;1-4H. The van der Waals surface area contributed by atoms with E-state index in [1.807, 2.05) is 0 Å². The number of carbonyl (C=O) groups excluding carboxylic acids is 1. The van der Waals surface area contributed by atoms with Gasteiger partial charge < -0.3 is 28.8 Å². The van der Waals surface area contributed by atoms with Crippen molar-refractivity contribution in [2.24, 2.45) is 0 Å². The highest BCUT2D eigenvalue weighted by atomic mass is 16.5. The van der Waals surface area contributed by atoms with Crippen molar-refractivity contribution in [1.82, 2.24) is 0 Å².